The maximum absolute atomic E-state index is 9.41. The van der Waals surface area contributed by atoms with Crippen LogP contribution in [0.2, 0.25) is 0 Å². The van der Waals surface area contributed by atoms with E-state index in [9.17, 15) is 5.11 Å². The lowest BCUT2D eigenvalue weighted by Crippen LogP contribution is -2.43. The molecule has 1 saturated heterocycles. The number of likely N-dealkylation sites (tertiary alicyclic amines) is 1. The van der Waals surface area contributed by atoms with E-state index in [0.717, 1.165) is 25.2 Å². The standard InChI is InChI=1S/C12H18N2O/c1-12(10-15)6-4-8-14(12)9-11-5-2-3-7-13-11/h2-3,5,7,15H,4,6,8-10H2,1H3/t12-/m0/s1. The number of nitrogens with zero attached hydrogens (tertiary/aromatic N) is 2. The Balaban J connectivity index is 2.06. The van der Waals surface area contributed by atoms with E-state index >= 15 is 0 Å². The first kappa shape index (κ1) is 10.6. The molecule has 0 bridgehead atoms. The lowest BCUT2D eigenvalue weighted by molar-refractivity contribution is 0.0724. The van der Waals surface area contributed by atoms with Gasteiger partial charge in [-0.15, -0.1) is 0 Å². The summed E-state index contributed by atoms with van der Waals surface area (Å²) in [5.41, 5.74) is 1.04. The first-order chi connectivity index (χ1) is 7.24. The van der Waals surface area contributed by atoms with Gasteiger partial charge in [0, 0.05) is 18.3 Å². The summed E-state index contributed by atoms with van der Waals surface area (Å²) in [5, 5.41) is 9.41. The van der Waals surface area contributed by atoms with Gasteiger partial charge in [0.15, 0.2) is 0 Å². The molecule has 1 aromatic rings. The second kappa shape index (κ2) is 4.29. The van der Waals surface area contributed by atoms with Crippen molar-refractivity contribution in [3.63, 3.8) is 0 Å². The van der Waals surface area contributed by atoms with E-state index in [1.807, 2.05) is 24.4 Å². The smallest absolute Gasteiger partial charge is 0.0612 e. The SMILES string of the molecule is C[C@@]1(CO)CCCN1Cc1ccccn1. The summed E-state index contributed by atoms with van der Waals surface area (Å²) in [4.78, 5) is 6.65. The van der Waals surface area contributed by atoms with Gasteiger partial charge < -0.3 is 5.11 Å². The van der Waals surface area contributed by atoms with Gasteiger partial charge in [-0.05, 0) is 38.4 Å². The summed E-state index contributed by atoms with van der Waals surface area (Å²) in [6.07, 6.45) is 4.07. The molecule has 2 heterocycles. The third kappa shape index (κ3) is 2.19. The predicted octanol–water partition coefficient (Wildman–Crippen LogP) is 1.43. The van der Waals surface area contributed by atoms with Crippen LogP contribution in [0.15, 0.2) is 24.4 Å². The van der Waals surface area contributed by atoms with Crippen molar-refractivity contribution in [1.29, 1.82) is 0 Å². The van der Waals surface area contributed by atoms with E-state index < -0.39 is 0 Å². The van der Waals surface area contributed by atoms with Crippen LogP contribution >= 0.6 is 0 Å². The van der Waals surface area contributed by atoms with Gasteiger partial charge in [0.1, 0.15) is 0 Å². The highest BCUT2D eigenvalue weighted by molar-refractivity contribution is 5.05. The van der Waals surface area contributed by atoms with E-state index in [0.29, 0.717) is 0 Å². The van der Waals surface area contributed by atoms with E-state index in [1.165, 1.54) is 6.42 Å². The maximum atomic E-state index is 9.41. The zero-order chi connectivity index (χ0) is 10.7. The maximum Gasteiger partial charge on any atom is 0.0612 e. The molecule has 1 N–H and O–H groups in total. The Morgan fingerprint density at radius 2 is 2.40 bits per heavy atom. The van der Waals surface area contributed by atoms with Gasteiger partial charge in [-0.2, -0.15) is 0 Å². The van der Waals surface area contributed by atoms with Crippen LogP contribution in [0.5, 0.6) is 0 Å². The minimum Gasteiger partial charge on any atom is -0.394 e. The van der Waals surface area contributed by atoms with E-state index in [2.05, 4.69) is 16.8 Å². The normalized spacial score (nSPS) is 27.1. The molecule has 2 rings (SSSR count). The van der Waals surface area contributed by atoms with E-state index in [1.54, 1.807) is 0 Å². The van der Waals surface area contributed by atoms with Crippen LogP contribution in [0.4, 0.5) is 0 Å². The molecule has 0 aromatic carbocycles. The van der Waals surface area contributed by atoms with Crippen molar-refractivity contribution in [2.24, 2.45) is 0 Å². The fourth-order valence-corrected chi connectivity index (χ4v) is 2.21. The third-order valence-corrected chi connectivity index (χ3v) is 3.33. The quantitative estimate of drug-likeness (QED) is 0.812. The number of hydrogen-bond donors (Lipinski definition) is 1. The van der Waals surface area contributed by atoms with Gasteiger partial charge in [0.2, 0.25) is 0 Å². The van der Waals surface area contributed by atoms with Crippen molar-refractivity contribution in [2.45, 2.75) is 31.8 Å². The lowest BCUT2D eigenvalue weighted by atomic mass is 10.0. The molecule has 1 atom stereocenters. The van der Waals surface area contributed by atoms with Gasteiger partial charge in [-0.1, -0.05) is 6.07 Å². The van der Waals surface area contributed by atoms with E-state index in [4.69, 9.17) is 0 Å². The van der Waals surface area contributed by atoms with Crippen LogP contribution in [-0.2, 0) is 6.54 Å². The minimum absolute atomic E-state index is 0.0441. The van der Waals surface area contributed by atoms with Crippen LogP contribution in [0, 0.1) is 0 Å². The molecule has 0 saturated carbocycles. The monoisotopic (exact) mass is 206 g/mol. The largest absolute Gasteiger partial charge is 0.394 e. The van der Waals surface area contributed by atoms with Gasteiger partial charge in [-0.3, -0.25) is 9.88 Å². The molecule has 0 aliphatic carbocycles. The van der Waals surface area contributed by atoms with Gasteiger partial charge in [-0.25, -0.2) is 0 Å². The number of hydrogen-bond acceptors (Lipinski definition) is 3. The topological polar surface area (TPSA) is 36.4 Å². The predicted molar refractivity (Wildman–Crippen MR) is 59.4 cm³/mol. The van der Waals surface area contributed by atoms with Crippen molar-refractivity contribution in [1.82, 2.24) is 9.88 Å². The van der Waals surface area contributed by atoms with Crippen molar-refractivity contribution in [2.75, 3.05) is 13.2 Å². The molecule has 3 nitrogen and oxygen atoms in total. The molecule has 82 valence electrons. The summed E-state index contributed by atoms with van der Waals surface area (Å²) >= 11 is 0. The van der Waals surface area contributed by atoms with E-state index in [-0.39, 0.29) is 12.1 Å². The number of pyridine rings is 1. The van der Waals surface area contributed by atoms with Crippen LogP contribution in [0.25, 0.3) is 0 Å². The second-order valence-electron chi connectivity index (χ2n) is 4.50. The third-order valence-electron chi connectivity index (χ3n) is 3.33. The van der Waals surface area contributed by atoms with Crippen molar-refractivity contribution in [3.05, 3.63) is 30.1 Å². The van der Waals surface area contributed by atoms with Crippen LogP contribution in [0.3, 0.4) is 0 Å². The van der Waals surface area contributed by atoms with Crippen LogP contribution in [-0.4, -0.2) is 33.7 Å². The van der Waals surface area contributed by atoms with Crippen molar-refractivity contribution < 1.29 is 5.11 Å². The molecule has 1 aliphatic rings. The highest BCUT2D eigenvalue weighted by Gasteiger charge is 2.35. The Morgan fingerprint density at radius 1 is 1.53 bits per heavy atom. The lowest BCUT2D eigenvalue weighted by Gasteiger charge is -2.33. The zero-order valence-electron chi connectivity index (χ0n) is 9.19. The highest BCUT2D eigenvalue weighted by Crippen LogP contribution is 2.29. The Bertz CT molecular complexity index is 315. The Kier molecular flexibility index (Phi) is 3.03. The number of aliphatic hydroxyl groups excluding tert-OH is 1. The summed E-state index contributed by atoms with van der Waals surface area (Å²) in [7, 11) is 0. The second-order valence-corrected chi connectivity index (χ2v) is 4.50. The van der Waals surface area contributed by atoms with Gasteiger partial charge in [0.25, 0.3) is 0 Å². The molecule has 1 fully saturated rings. The fraction of sp³-hybridized carbons (Fsp3) is 0.583. The summed E-state index contributed by atoms with van der Waals surface area (Å²) < 4.78 is 0. The van der Waals surface area contributed by atoms with Gasteiger partial charge in [0.05, 0.1) is 12.3 Å². The molecule has 15 heavy (non-hydrogen) atoms. The average Bonchev–Trinajstić information content (AvgIpc) is 2.63. The Morgan fingerprint density at radius 3 is 3.07 bits per heavy atom. The number of aliphatic hydroxyl groups is 1. The average molecular weight is 206 g/mol. The molecule has 1 aromatic heterocycles. The molecule has 3 heteroatoms. The summed E-state index contributed by atoms with van der Waals surface area (Å²) in [6, 6.07) is 5.98. The molecular formula is C12H18N2O. The molecule has 0 amide bonds. The molecular weight excluding hydrogens is 188 g/mol. The highest BCUT2D eigenvalue weighted by atomic mass is 16.3. The van der Waals surface area contributed by atoms with Crippen molar-refractivity contribution in [3.8, 4) is 0 Å². The summed E-state index contributed by atoms with van der Waals surface area (Å²) in [5.74, 6) is 0. The summed E-state index contributed by atoms with van der Waals surface area (Å²) in [6.45, 7) is 4.27. The van der Waals surface area contributed by atoms with Gasteiger partial charge >= 0.3 is 0 Å². The Labute approximate surface area is 90.8 Å². The molecule has 0 spiro atoms. The van der Waals surface area contributed by atoms with Crippen LogP contribution < -0.4 is 0 Å². The number of aromatic nitrogens is 1. The minimum atomic E-state index is -0.0441. The Hall–Kier alpha value is -0.930. The zero-order valence-corrected chi connectivity index (χ0v) is 9.19. The molecule has 1 aliphatic heterocycles. The van der Waals surface area contributed by atoms with Crippen LogP contribution in [0.1, 0.15) is 25.5 Å². The molecule has 0 radical (unpaired) electrons. The molecule has 0 unspecified atom stereocenters. The number of rotatable bonds is 3. The first-order valence-corrected chi connectivity index (χ1v) is 5.50. The van der Waals surface area contributed by atoms with Crippen molar-refractivity contribution >= 4 is 0 Å². The first-order valence-electron chi connectivity index (χ1n) is 5.50. The fourth-order valence-electron chi connectivity index (χ4n) is 2.21.